The Labute approximate surface area is 115 Å². The van der Waals surface area contributed by atoms with E-state index in [1.165, 1.54) is 18.4 Å². The molecule has 1 aromatic carbocycles. The van der Waals surface area contributed by atoms with Gasteiger partial charge in [0.15, 0.2) is 0 Å². The van der Waals surface area contributed by atoms with Gasteiger partial charge in [-0.3, -0.25) is 4.79 Å². The lowest BCUT2D eigenvalue weighted by Crippen LogP contribution is -2.44. The number of benzene rings is 1. The minimum absolute atomic E-state index is 0.0101. The molecular weight excluding hydrogens is 236 g/mol. The Kier molecular flexibility index (Phi) is 4.97. The average Bonchev–Trinajstić information content (AvgIpc) is 3.20. The molecule has 0 heterocycles. The lowest BCUT2D eigenvalue weighted by molar-refractivity contribution is -0.123. The third kappa shape index (κ3) is 5.03. The highest BCUT2D eigenvalue weighted by atomic mass is 16.2. The second-order valence-electron chi connectivity index (χ2n) is 5.72. The van der Waals surface area contributed by atoms with E-state index in [2.05, 4.69) is 24.4 Å². The van der Waals surface area contributed by atoms with Crippen LogP contribution < -0.4 is 11.1 Å². The molecule has 1 amide bonds. The minimum Gasteiger partial charge on any atom is -0.352 e. The molecule has 0 aliphatic heterocycles. The zero-order valence-electron chi connectivity index (χ0n) is 11.6. The Morgan fingerprint density at radius 2 is 2.05 bits per heavy atom. The van der Waals surface area contributed by atoms with E-state index in [1.54, 1.807) is 0 Å². The van der Waals surface area contributed by atoms with Gasteiger partial charge in [-0.05, 0) is 37.7 Å². The van der Waals surface area contributed by atoms with Crippen LogP contribution in [0.3, 0.4) is 0 Å². The van der Waals surface area contributed by atoms with E-state index in [0.29, 0.717) is 6.42 Å². The molecule has 0 radical (unpaired) electrons. The average molecular weight is 260 g/mol. The Balaban J connectivity index is 1.69. The van der Waals surface area contributed by atoms with Crippen molar-refractivity contribution in [3.63, 3.8) is 0 Å². The van der Waals surface area contributed by atoms with Crippen molar-refractivity contribution in [1.82, 2.24) is 5.32 Å². The first-order valence-corrected chi connectivity index (χ1v) is 7.25. The second kappa shape index (κ2) is 6.71. The summed E-state index contributed by atoms with van der Waals surface area (Å²) >= 11 is 0. The molecule has 0 bridgehead atoms. The van der Waals surface area contributed by atoms with Crippen molar-refractivity contribution in [1.29, 1.82) is 0 Å². The molecule has 1 fully saturated rings. The molecular formula is C16H24N2O. The fourth-order valence-electron chi connectivity index (χ4n) is 2.36. The maximum Gasteiger partial charge on any atom is 0.237 e. The third-order valence-electron chi connectivity index (χ3n) is 3.70. The number of carbonyl (C=O) groups is 1. The molecule has 3 heteroatoms. The standard InChI is InChI=1S/C16H24N2O/c1-12(11-14-7-8-14)18-16(19)15(17)10-9-13-5-3-2-4-6-13/h2-6,12,14-15H,7-11,17H2,1H3,(H,18,19). The topological polar surface area (TPSA) is 55.1 Å². The Bertz CT molecular complexity index is 400. The van der Waals surface area contributed by atoms with Crippen LogP contribution >= 0.6 is 0 Å². The number of nitrogens with two attached hydrogens (primary N) is 1. The molecule has 2 atom stereocenters. The summed E-state index contributed by atoms with van der Waals surface area (Å²) in [5.74, 6) is 0.819. The number of carbonyl (C=O) groups excluding carboxylic acids is 1. The van der Waals surface area contributed by atoms with Crippen LogP contribution in [0.4, 0.5) is 0 Å². The van der Waals surface area contributed by atoms with Gasteiger partial charge in [0.25, 0.3) is 0 Å². The highest BCUT2D eigenvalue weighted by Gasteiger charge is 2.25. The molecule has 2 rings (SSSR count). The van der Waals surface area contributed by atoms with E-state index in [4.69, 9.17) is 5.73 Å². The fraction of sp³-hybridized carbons (Fsp3) is 0.562. The van der Waals surface area contributed by atoms with Crippen LogP contribution in [0.15, 0.2) is 30.3 Å². The minimum atomic E-state index is -0.401. The van der Waals surface area contributed by atoms with Crippen LogP contribution in [-0.4, -0.2) is 18.0 Å². The van der Waals surface area contributed by atoms with Crippen LogP contribution in [0.1, 0.15) is 38.2 Å². The van der Waals surface area contributed by atoms with Gasteiger partial charge in [-0.25, -0.2) is 0 Å². The molecule has 3 nitrogen and oxygen atoms in total. The zero-order valence-corrected chi connectivity index (χ0v) is 11.6. The van der Waals surface area contributed by atoms with E-state index >= 15 is 0 Å². The van der Waals surface area contributed by atoms with Gasteiger partial charge in [0.2, 0.25) is 5.91 Å². The van der Waals surface area contributed by atoms with Crippen molar-refractivity contribution in [3.8, 4) is 0 Å². The largest absolute Gasteiger partial charge is 0.352 e. The van der Waals surface area contributed by atoms with Gasteiger partial charge < -0.3 is 11.1 Å². The Morgan fingerprint density at radius 3 is 2.68 bits per heavy atom. The molecule has 104 valence electrons. The monoisotopic (exact) mass is 260 g/mol. The molecule has 1 aromatic rings. The van der Waals surface area contributed by atoms with E-state index in [-0.39, 0.29) is 11.9 Å². The summed E-state index contributed by atoms with van der Waals surface area (Å²) in [5.41, 5.74) is 7.18. The van der Waals surface area contributed by atoms with Gasteiger partial charge >= 0.3 is 0 Å². The Hall–Kier alpha value is -1.35. The number of hydrogen-bond donors (Lipinski definition) is 2. The summed E-state index contributed by atoms with van der Waals surface area (Å²) in [5, 5.41) is 3.02. The van der Waals surface area contributed by atoms with Crippen molar-refractivity contribution >= 4 is 5.91 Å². The smallest absolute Gasteiger partial charge is 0.237 e. The summed E-state index contributed by atoms with van der Waals surface area (Å²) < 4.78 is 0. The maximum atomic E-state index is 11.9. The van der Waals surface area contributed by atoms with Crippen molar-refractivity contribution in [2.45, 2.75) is 51.1 Å². The summed E-state index contributed by atoms with van der Waals surface area (Å²) in [6, 6.07) is 10.0. The first-order chi connectivity index (χ1) is 9.15. The number of rotatable bonds is 7. The summed E-state index contributed by atoms with van der Waals surface area (Å²) in [7, 11) is 0. The predicted octanol–water partition coefficient (Wildman–Crippen LogP) is 2.25. The van der Waals surface area contributed by atoms with Crippen molar-refractivity contribution in [2.24, 2.45) is 11.7 Å². The van der Waals surface area contributed by atoms with E-state index in [1.807, 2.05) is 18.2 Å². The molecule has 19 heavy (non-hydrogen) atoms. The van der Waals surface area contributed by atoms with Crippen molar-refractivity contribution in [3.05, 3.63) is 35.9 Å². The van der Waals surface area contributed by atoms with Gasteiger partial charge in [0, 0.05) is 6.04 Å². The second-order valence-corrected chi connectivity index (χ2v) is 5.72. The van der Waals surface area contributed by atoms with Gasteiger partial charge in [0.1, 0.15) is 0 Å². The number of amides is 1. The highest BCUT2D eigenvalue weighted by Crippen LogP contribution is 2.33. The normalized spacial score (nSPS) is 17.8. The molecule has 0 spiro atoms. The van der Waals surface area contributed by atoms with Gasteiger partial charge in [-0.15, -0.1) is 0 Å². The maximum absolute atomic E-state index is 11.9. The molecule has 3 N–H and O–H groups in total. The van der Waals surface area contributed by atoms with Crippen LogP contribution in [0.2, 0.25) is 0 Å². The van der Waals surface area contributed by atoms with Gasteiger partial charge in [-0.2, -0.15) is 0 Å². The lowest BCUT2D eigenvalue weighted by Gasteiger charge is -2.17. The SMILES string of the molecule is CC(CC1CC1)NC(=O)C(N)CCc1ccccc1. The number of nitrogens with one attached hydrogen (secondary N) is 1. The zero-order chi connectivity index (χ0) is 13.7. The molecule has 1 aliphatic carbocycles. The lowest BCUT2D eigenvalue weighted by atomic mass is 10.0. The summed E-state index contributed by atoms with van der Waals surface area (Å²) in [4.78, 5) is 11.9. The van der Waals surface area contributed by atoms with Gasteiger partial charge in [0.05, 0.1) is 6.04 Å². The van der Waals surface area contributed by atoms with E-state index in [0.717, 1.165) is 18.8 Å². The van der Waals surface area contributed by atoms with Crippen LogP contribution in [0, 0.1) is 5.92 Å². The third-order valence-corrected chi connectivity index (χ3v) is 3.70. The molecule has 0 saturated heterocycles. The fourth-order valence-corrected chi connectivity index (χ4v) is 2.36. The molecule has 0 aromatic heterocycles. The number of aryl methyl sites for hydroxylation is 1. The van der Waals surface area contributed by atoms with Crippen LogP contribution in [0.25, 0.3) is 0 Å². The van der Waals surface area contributed by atoms with E-state index < -0.39 is 6.04 Å². The van der Waals surface area contributed by atoms with Gasteiger partial charge in [-0.1, -0.05) is 43.2 Å². The predicted molar refractivity (Wildman–Crippen MR) is 77.7 cm³/mol. The highest BCUT2D eigenvalue weighted by molar-refractivity contribution is 5.81. The summed E-state index contributed by atoms with van der Waals surface area (Å²) in [6.45, 7) is 2.07. The van der Waals surface area contributed by atoms with Crippen molar-refractivity contribution < 1.29 is 4.79 Å². The number of hydrogen-bond acceptors (Lipinski definition) is 2. The Morgan fingerprint density at radius 1 is 1.37 bits per heavy atom. The molecule has 2 unspecified atom stereocenters. The quantitative estimate of drug-likeness (QED) is 0.790. The molecule has 1 aliphatic rings. The van der Waals surface area contributed by atoms with Crippen LogP contribution in [-0.2, 0) is 11.2 Å². The van der Waals surface area contributed by atoms with E-state index in [9.17, 15) is 4.79 Å². The van der Waals surface area contributed by atoms with Crippen molar-refractivity contribution in [2.75, 3.05) is 0 Å². The summed E-state index contributed by atoms with van der Waals surface area (Å²) in [6.07, 6.45) is 5.29. The molecule has 1 saturated carbocycles. The first kappa shape index (κ1) is 14.1. The van der Waals surface area contributed by atoms with Crippen LogP contribution in [0.5, 0.6) is 0 Å². The first-order valence-electron chi connectivity index (χ1n) is 7.25.